The van der Waals surface area contributed by atoms with Gasteiger partial charge >= 0.3 is 0 Å². The SMILES string of the molecule is COc1ccc([C@@H]2CC(=O)c3cc(C(=O)Nc4cc(Cl)ccc4C)c(=O)[nH]c3C2)cc1. The van der Waals surface area contributed by atoms with Crippen LogP contribution in [0.4, 0.5) is 5.69 Å². The van der Waals surface area contributed by atoms with Gasteiger partial charge in [0.25, 0.3) is 11.5 Å². The Morgan fingerprint density at radius 2 is 1.84 bits per heavy atom. The lowest BCUT2D eigenvalue weighted by Crippen LogP contribution is -2.29. The number of hydrogen-bond acceptors (Lipinski definition) is 4. The second-order valence-corrected chi connectivity index (χ2v) is 8.06. The van der Waals surface area contributed by atoms with Crippen molar-refractivity contribution in [2.75, 3.05) is 12.4 Å². The molecule has 0 unspecified atom stereocenters. The van der Waals surface area contributed by atoms with Crippen molar-refractivity contribution in [3.8, 4) is 5.75 Å². The van der Waals surface area contributed by atoms with Gasteiger partial charge in [0, 0.05) is 28.4 Å². The zero-order valence-corrected chi connectivity index (χ0v) is 17.9. The number of ketones is 1. The Morgan fingerprint density at radius 3 is 2.55 bits per heavy atom. The fourth-order valence-corrected chi connectivity index (χ4v) is 4.00. The van der Waals surface area contributed by atoms with Crippen molar-refractivity contribution in [1.82, 2.24) is 4.98 Å². The van der Waals surface area contributed by atoms with Crippen LogP contribution in [0, 0.1) is 6.92 Å². The number of rotatable bonds is 4. The quantitative estimate of drug-likeness (QED) is 0.629. The largest absolute Gasteiger partial charge is 0.497 e. The lowest BCUT2D eigenvalue weighted by Gasteiger charge is -2.24. The zero-order valence-electron chi connectivity index (χ0n) is 17.1. The van der Waals surface area contributed by atoms with Crippen LogP contribution in [0.5, 0.6) is 5.75 Å². The smallest absolute Gasteiger partial charge is 0.261 e. The molecule has 4 rings (SSSR count). The van der Waals surface area contributed by atoms with E-state index in [0.717, 1.165) is 16.9 Å². The number of methoxy groups -OCH3 is 1. The van der Waals surface area contributed by atoms with Gasteiger partial charge in [0.2, 0.25) is 0 Å². The number of aryl methyl sites for hydroxylation is 1. The van der Waals surface area contributed by atoms with Gasteiger partial charge in [-0.05, 0) is 60.7 Å². The molecule has 1 heterocycles. The number of anilines is 1. The van der Waals surface area contributed by atoms with Crippen LogP contribution >= 0.6 is 11.6 Å². The number of amides is 1. The minimum absolute atomic E-state index is 0.0460. The van der Waals surface area contributed by atoms with Gasteiger partial charge in [-0.1, -0.05) is 29.8 Å². The van der Waals surface area contributed by atoms with Crippen LogP contribution in [-0.4, -0.2) is 23.8 Å². The van der Waals surface area contributed by atoms with Gasteiger partial charge in [-0.25, -0.2) is 0 Å². The number of hydrogen-bond donors (Lipinski definition) is 2. The molecule has 1 aromatic heterocycles. The molecule has 0 fully saturated rings. The third-order valence-electron chi connectivity index (χ3n) is 5.59. The van der Waals surface area contributed by atoms with E-state index in [1.807, 2.05) is 31.2 Å². The van der Waals surface area contributed by atoms with Crippen LogP contribution < -0.4 is 15.6 Å². The van der Waals surface area contributed by atoms with Gasteiger partial charge in [-0.2, -0.15) is 0 Å². The molecule has 1 amide bonds. The summed E-state index contributed by atoms with van der Waals surface area (Å²) < 4.78 is 5.18. The average molecular weight is 437 g/mol. The highest BCUT2D eigenvalue weighted by Gasteiger charge is 2.29. The first-order valence-electron chi connectivity index (χ1n) is 9.86. The van der Waals surface area contributed by atoms with Crippen molar-refractivity contribution in [2.24, 2.45) is 0 Å². The van der Waals surface area contributed by atoms with Gasteiger partial charge in [0.1, 0.15) is 11.3 Å². The first-order chi connectivity index (χ1) is 14.9. The fraction of sp³-hybridized carbons (Fsp3) is 0.208. The van der Waals surface area contributed by atoms with E-state index in [9.17, 15) is 14.4 Å². The van der Waals surface area contributed by atoms with Crippen molar-refractivity contribution in [3.05, 3.63) is 91.9 Å². The van der Waals surface area contributed by atoms with E-state index in [2.05, 4.69) is 10.3 Å². The molecular formula is C24H21ClN2O4. The molecule has 0 bridgehead atoms. The number of halogens is 1. The van der Waals surface area contributed by atoms with Crippen LogP contribution in [0.25, 0.3) is 0 Å². The summed E-state index contributed by atoms with van der Waals surface area (Å²) in [5.41, 5.74) is 2.63. The van der Waals surface area contributed by atoms with Crippen molar-refractivity contribution in [3.63, 3.8) is 0 Å². The molecule has 1 aliphatic carbocycles. The Morgan fingerprint density at radius 1 is 1.10 bits per heavy atom. The van der Waals surface area contributed by atoms with Crippen LogP contribution in [0.15, 0.2) is 53.3 Å². The van der Waals surface area contributed by atoms with Gasteiger partial charge in [-0.15, -0.1) is 0 Å². The number of nitrogens with one attached hydrogen (secondary N) is 2. The van der Waals surface area contributed by atoms with Gasteiger partial charge in [-0.3, -0.25) is 14.4 Å². The normalized spacial score (nSPS) is 15.3. The average Bonchev–Trinajstić information content (AvgIpc) is 2.75. The van der Waals surface area contributed by atoms with Crippen molar-refractivity contribution >= 4 is 29.0 Å². The Hall–Kier alpha value is -3.38. The molecule has 1 atom stereocenters. The standard InChI is InChI=1S/C24H21ClN2O4/c1-13-3-6-16(25)11-20(13)26-23(29)19-12-18-21(27-24(19)30)9-15(10-22(18)28)14-4-7-17(31-2)8-5-14/h3-8,11-12,15H,9-10H2,1-2H3,(H,26,29)(H,27,30)/t15-/m0/s1. The first-order valence-corrected chi connectivity index (χ1v) is 10.2. The maximum atomic E-state index is 12.8. The molecule has 1 aliphatic rings. The summed E-state index contributed by atoms with van der Waals surface area (Å²) in [7, 11) is 1.60. The van der Waals surface area contributed by atoms with Gasteiger partial charge in [0.15, 0.2) is 5.78 Å². The van der Waals surface area contributed by atoms with E-state index in [0.29, 0.717) is 34.8 Å². The topological polar surface area (TPSA) is 88.3 Å². The summed E-state index contributed by atoms with van der Waals surface area (Å²) in [5.74, 6) is 0.00595. The van der Waals surface area contributed by atoms with Gasteiger partial charge in [0.05, 0.1) is 7.11 Å². The van der Waals surface area contributed by atoms with Gasteiger partial charge < -0.3 is 15.0 Å². The third kappa shape index (κ3) is 4.25. The molecule has 6 nitrogen and oxygen atoms in total. The molecule has 158 valence electrons. The van der Waals surface area contributed by atoms with E-state index >= 15 is 0 Å². The summed E-state index contributed by atoms with van der Waals surface area (Å²) in [4.78, 5) is 41.0. The molecule has 2 N–H and O–H groups in total. The molecule has 0 saturated heterocycles. The summed E-state index contributed by atoms with van der Waals surface area (Å²) in [5, 5.41) is 3.18. The number of ether oxygens (including phenoxy) is 1. The van der Waals surface area contributed by atoms with Crippen molar-refractivity contribution in [1.29, 1.82) is 0 Å². The maximum absolute atomic E-state index is 12.8. The molecule has 7 heteroatoms. The number of aromatic nitrogens is 1. The number of H-pyrrole nitrogens is 1. The minimum Gasteiger partial charge on any atom is -0.497 e. The maximum Gasteiger partial charge on any atom is 0.261 e. The predicted octanol–water partition coefficient (Wildman–Crippen LogP) is 4.51. The lowest BCUT2D eigenvalue weighted by molar-refractivity contribution is 0.0963. The highest BCUT2D eigenvalue weighted by molar-refractivity contribution is 6.31. The molecule has 2 aromatic carbocycles. The summed E-state index contributed by atoms with van der Waals surface area (Å²) in [6.45, 7) is 1.83. The number of fused-ring (bicyclic) bond motifs is 1. The van der Waals surface area contributed by atoms with Crippen LogP contribution in [-0.2, 0) is 6.42 Å². The van der Waals surface area contributed by atoms with Crippen LogP contribution in [0.2, 0.25) is 5.02 Å². The molecule has 31 heavy (non-hydrogen) atoms. The highest BCUT2D eigenvalue weighted by atomic mass is 35.5. The third-order valence-corrected chi connectivity index (χ3v) is 5.82. The number of Topliss-reactive ketones (excluding diaryl/α,β-unsaturated/α-hetero) is 1. The Kier molecular flexibility index (Phi) is 5.65. The Bertz CT molecular complexity index is 1230. The number of carbonyl (C=O) groups excluding carboxylic acids is 2. The van der Waals surface area contributed by atoms with Crippen molar-refractivity contribution in [2.45, 2.75) is 25.7 Å². The molecule has 0 aliphatic heterocycles. The second kappa shape index (κ2) is 8.40. The van der Waals surface area contributed by atoms with Crippen LogP contribution in [0.3, 0.4) is 0 Å². The highest BCUT2D eigenvalue weighted by Crippen LogP contribution is 2.32. The minimum atomic E-state index is -0.584. The number of carbonyl (C=O) groups is 2. The van der Waals surface area contributed by atoms with E-state index < -0.39 is 11.5 Å². The number of aromatic amines is 1. The monoisotopic (exact) mass is 436 g/mol. The molecular weight excluding hydrogens is 416 g/mol. The van der Waals surface area contributed by atoms with Crippen LogP contribution in [0.1, 0.15) is 49.9 Å². The Balaban J connectivity index is 1.61. The predicted molar refractivity (Wildman–Crippen MR) is 120 cm³/mol. The number of pyridine rings is 1. The van der Waals surface area contributed by atoms with E-state index in [1.165, 1.54) is 6.07 Å². The molecule has 0 spiro atoms. The zero-order chi connectivity index (χ0) is 22.1. The second-order valence-electron chi connectivity index (χ2n) is 7.62. The lowest BCUT2D eigenvalue weighted by atomic mass is 9.81. The Labute approximate surface area is 184 Å². The fourth-order valence-electron chi connectivity index (χ4n) is 3.83. The van der Waals surface area contributed by atoms with E-state index in [4.69, 9.17) is 16.3 Å². The first kappa shape index (κ1) is 20.9. The number of benzene rings is 2. The summed E-state index contributed by atoms with van der Waals surface area (Å²) >= 11 is 6.00. The van der Waals surface area contributed by atoms with Crippen molar-refractivity contribution < 1.29 is 14.3 Å². The van der Waals surface area contributed by atoms with E-state index in [-0.39, 0.29) is 17.3 Å². The van der Waals surface area contributed by atoms with E-state index in [1.54, 1.807) is 25.3 Å². The summed E-state index contributed by atoms with van der Waals surface area (Å²) in [6.07, 6.45) is 0.817. The summed E-state index contributed by atoms with van der Waals surface area (Å²) in [6, 6.07) is 14.1. The molecule has 3 aromatic rings. The molecule has 0 radical (unpaired) electrons. The molecule has 0 saturated carbocycles.